The van der Waals surface area contributed by atoms with Crippen molar-refractivity contribution in [3.8, 4) is 0 Å². The first kappa shape index (κ1) is 16.5. The van der Waals surface area contributed by atoms with Gasteiger partial charge < -0.3 is 14.9 Å². The van der Waals surface area contributed by atoms with Crippen molar-refractivity contribution in [1.29, 1.82) is 0 Å². The van der Waals surface area contributed by atoms with Crippen LogP contribution in [0, 0.1) is 11.8 Å². The van der Waals surface area contributed by atoms with Crippen molar-refractivity contribution >= 4 is 23.3 Å². The first-order valence-corrected chi connectivity index (χ1v) is 9.35. The number of Topliss-reactive ketones (excluding diaryl/α,β-unsaturated/α-hetero) is 1. The molecule has 3 aliphatic heterocycles. The molecule has 0 spiro atoms. The highest BCUT2D eigenvalue weighted by Crippen LogP contribution is 2.60. The molecule has 2 amide bonds. The molecule has 1 fully saturated rings. The minimum absolute atomic E-state index is 0.00123. The highest BCUT2D eigenvalue weighted by molar-refractivity contribution is 6.21. The Balaban J connectivity index is 1.75. The van der Waals surface area contributed by atoms with Gasteiger partial charge in [-0.25, -0.2) is 0 Å². The zero-order chi connectivity index (χ0) is 19.4. The van der Waals surface area contributed by atoms with Crippen molar-refractivity contribution in [2.45, 2.75) is 44.7 Å². The van der Waals surface area contributed by atoms with E-state index in [0.29, 0.717) is 0 Å². The maximum atomic E-state index is 13.2. The van der Waals surface area contributed by atoms with E-state index in [1.54, 1.807) is 16.8 Å². The predicted molar refractivity (Wildman–Crippen MR) is 98.3 cm³/mol. The van der Waals surface area contributed by atoms with Crippen molar-refractivity contribution in [2.75, 3.05) is 11.9 Å². The van der Waals surface area contributed by atoms with Gasteiger partial charge in [-0.15, -0.1) is 0 Å². The number of carbonyl (C=O) groups is 3. The molecule has 140 valence electrons. The van der Waals surface area contributed by atoms with Gasteiger partial charge in [0.1, 0.15) is 11.3 Å². The second kappa shape index (κ2) is 4.80. The molecule has 6 heteroatoms. The number of likely N-dealkylation sites (N-methyl/N-ethyl adjacent to an activating group) is 1. The Hall–Kier alpha value is -2.63. The molecular formula is C21H22N2O4. The third-order valence-corrected chi connectivity index (χ3v) is 7.22. The van der Waals surface area contributed by atoms with E-state index in [-0.39, 0.29) is 29.1 Å². The van der Waals surface area contributed by atoms with Crippen LogP contribution in [0.4, 0.5) is 5.69 Å². The number of aliphatic hydroxyl groups is 1. The molecule has 1 N–H and O–H groups in total. The highest BCUT2D eigenvalue weighted by atomic mass is 16.3. The zero-order valence-electron chi connectivity index (χ0n) is 15.8. The van der Waals surface area contributed by atoms with E-state index in [1.807, 2.05) is 26.0 Å². The van der Waals surface area contributed by atoms with E-state index in [2.05, 4.69) is 6.07 Å². The van der Waals surface area contributed by atoms with E-state index >= 15 is 0 Å². The summed E-state index contributed by atoms with van der Waals surface area (Å²) in [6.45, 7) is 5.27. The molecule has 4 atom stereocenters. The predicted octanol–water partition coefficient (Wildman–Crippen LogP) is 1.94. The molecule has 3 heterocycles. The number of amides is 2. The lowest BCUT2D eigenvalue weighted by Crippen LogP contribution is -2.47. The average molecular weight is 366 g/mol. The monoisotopic (exact) mass is 366 g/mol. The smallest absolute Gasteiger partial charge is 0.262 e. The van der Waals surface area contributed by atoms with Gasteiger partial charge in [-0.1, -0.05) is 12.1 Å². The van der Waals surface area contributed by atoms with Gasteiger partial charge >= 0.3 is 0 Å². The second-order valence-electron chi connectivity index (χ2n) is 8.70. The van der Waals surface area contributed by atoms with Gasteiger partial charge in [0, 0.05) is 24.2 Å². The average Bonchev–Trinajstić information content (AvgIpc) is 3.11. The van der Waals surface area contributed by atoms with Crippen molar-refractivity contribution in [3.05, 3.63) is 40.7 Å². The second-order valence-corrected chi connectivity index (χ2v) is 8.70. The minimum Gasteiger partial charge on any atom is -0.509 e. The standard InChI is InChI=1S/C21H22N2O4/c1-9(24)13-18(25)17-15-11(21(2,3)23(17)20(13)27)8-10-6-5-7-12-14(10)16(15)19(26)22(12)4/h5-7,11,15-17,25H,8H2,1-4H3/t11-,15-,16-,17+/m1/s1. The maximum Gasteiger partial charge on any atom is 0.262 e. The van der Waals surface area contributed by atoms with Crippen molar-refractivity contribution < 1.29 is 19.5 Å². The molecule has 0 radical (unpaired) electrons. The van der Waals surface area contributed by atoms with Crippen LogP contribution in [0.3, 0.4) is 0 Å². The number of benzene rings is 1. The molecule has 1 aliphatic carbocycles. The van der Waals surface area contributed by atoms with Gasteiger partial charge in [0.25, 0.3) is 5.91 Å². The molecule has 27 heavy (non-hydrogen) atoms. The van der Waals surface area contributed by atoms with Crippen molar-refractivity contribution in [3.63, 3.8) is 0 Å². The van der Waals surface area contributed by atoms with Gasteiger partial charge in [0.15, 0.2) is 5.78 Å². The minimum atomic E-state index is -0.613. The van der Waals surface area contributed by atoms with Crippen molar-refractivity contribution in [1.82, 2.24) is 4.90 Å². The van der Waals surface area contributed by atoms with Gasteiger partial charge in [0.2, 0.25) is 5.91 Å². The first-order valence-electron chi connectivity index (χ1n) is 9.35. The summed E-state index contributed by atoms with van der Waals surface area (Å²) in [6.07, 6.45) is 0.751. The number of carbonyl (C=O) groups excluding carboxylic acids is 3. The maximum absolute atomic E-state index is 13.2. The largest absolute Gasteiger partial charge is 0.509 e. The Morgan fingerprint density at radius 3 is 2.63 bits per heavy atom. The van der Waals surface area contributed by atoms with Crippen LogP contribution in [-0.2, 0) is 20.8 Å². The number of nitrogens with zero attached hydrogens (tertiary/aromatic N) is 2. The van der Waals surface area contributed by atoms with Crippen LogP contribution >= 0.6 is 0 Å². The number of ketones is 1. The Kier molecular flexibility index (Phi) is 2.94. The lowest BCUT2D eigenvalue weighted by molar-refractivity contribution is -0.132. The van der Waals surface area contributed by atoms with E-state index in [1.165, 1.54) is 6.92 Å². The molecule has 1 saturated heterocycles. The first-order chi connectivity index (χ1) is 12.7. The van der Waals surface area contributed by atoms with Crippen LogP contribution in [0.15, 0.2) is 29.5 Å². The quantitative estimate of drug-likeness (QED) is 0.771. The Labute approximate surface area is 157 Å². The molecule has 0 aromatic heterocycles. The molecule has 4 aliphatic rings. The van der Waals surface area contributed by atoms with Gasteiger partial charge in [0.05, 0.1) is 12.0 Å². The summed E-state index contributed by atoms with van der Waals surface area (Å²) in [5, 5.41) is 10.9. The summed E-state index contributed by atoms with van der Waals surface area (Å²) < 4.78 is 0. The van der Waals surface area contributed by atoms with Gasteiger partial charge in [-0.3, -0.25) is 14.4 Å². The number of anilines is 1. The molecule has 0 saturated carbocycles. The van der Waals surface area contributed by atoms with Crippen molar-refractivity contribution in [2.24, 2.45) is 11.8 Å². The van der Waals surface area contributed by atoms with Crippen LogP contribution in [0.25, 0.3) is 0 Å². The van der Waals surface area contributed by atoms with E-state index in [4.69, 9.17) is 0 Å². The summed E-state index contributed by atoms with van der Waals surface area (Å²) >= 11 is 0. The van der Waals surface area contributed by atoms with Gasteiger partial charge in [-0.05, 0) is 50.3 Å². The number of hydrogen-bond acceptors (Lipinski definition) is 4. The van der Waals surface area contributed by atoms with E-state index in [0.717, 1.165) is 23.2 Å². The summed E-state index contributed by atoms with van der Waals surface area (Å²) in [5.41, 5.74) is 2.40. The molecular weight excluding hydrogens is 344 g/mol. The van der Waals surface area contributed by atoms with Crippen LogP contribution in [0.1, 0.15) is 37.8 Å². The molecule has 0 bridgehead atoms. The van der Waals surface area contributed by atoms with E-state index in [9.17, 15) is 19.5 Å². The van der Waals surface area contributed by atoms with Crippen LogP contribution in [0.5, 0.6) is 0 Å². The summed E-state index contributed by atoms with van der Waals surface area (Å²) in [6, 6.07) is 5.37. The molecule has 0 unspecified atom stereocenters. The fourth-order valence-corrected chi connectivity index (χ4v) is 6.08. The summed E-state index contributed by atoms with van der Waals surface area (Å²) in [4.78, 5) is 41.5. The summed E-state index contributed by atoms with van der Waals surface area (Å²) in [5.74, 6) is -1.58. The Bertz CT molecular complexity index is 976. The molecule has 1 aromatic carbocycles. The fourth-order valence-electron chi connectivity index (χ4n) is 6.08. The molecule has 1 aromatic rings. The van der Waals surface area contributed by atoms with Crippen LogP contribution in [-0.4, -0.2) is 46.2 Å². The number of hydrogen-bond donors (Lipinski definition) is 1. The van der Waals surface area contributed by atoms with Gasteiger partial charge in [-0.2, -0.15) is 0 Å². The fraction of sp³-hybridized carbons (Fsp3) is 0.476. The Morgan fingerprint density at radius 1 is 1.26 bits per heavy atom. The Morgan fingerprint density at radius 2 is 1.96 bits per heavy atom. The zero-order valence-corrected chi connectivity index (χ0v) is 15.8. The number of aliphatic hydroxyl groups excluding tert-OH is 1. The number of rotatable bonds is 1. The lowest BCUT2D eigenvalue weighted by Gasteiger charge is -2.39. The number of fused-ring (bicyclic) bond motifs is 4. The molecule has 5 rings (SSSR count). The SMILES string of the molecule is CC(=O)C1=C(O)[C@@H]2[C@H]3[C@@H]4C(=O)N(C)c5cccc(c54)C[C@H]3C(C)(C)N2C1=O. The summed E-state index contributed by atoms with van der Waals surface area (Å²) in [7, 11) is 1.78. The normalized spacial score (nSPS) is 32.7. The third-order valence-electron chi connectivity index (χ3n) is 7.22. The third kappa shape index (κ3) is 1.69. The van der Waals surface area contributed by atoms with Crippen LogP contribution < -0.4 is 4.90 Å². The van der Waals surface area contributed by atoms with Crippen LogP contribution in [0.2, 0.25) is 0 Å². The van der Waals surface area contributed by atoms with E-state index < -0.39 is 29.2 Å². The topological polar surface area (TPSA) is 77.9 Å². The lowest BCUT2D eigenvalue weighted by atomic mass is 9.64. The highest BCUT2D eigenvalue weighted by Gasteiger charge is 2.66. The molecule has 6 nitrogen and oxygen atoms in total.